The lowest BCUT2D eigenvalue weighted by molar-refractivity contribution is -0.144. The maximum Gasteiger partial charge on any atom is 0.246 e. The molecule has 7 nitrogen and oxygen atoms in total. The van der Waals surface area contributed by atoms with Crippen LogP contribution in [0.1, 0.15) is 32.6 Å². The van der Waals surface area contributed by atoms with Gasteiger partial charge in [-0.1, -0.05) is 30.9 Å². The Bertz CT molecular complexity index is 766. The first-order valence-electron chi connectivity index (χ1n) is 9.54. The summed E-state index contributed by atoms with van der Waals surface area (Å²) in [6.07, 6.45) is 13.1. The number of fused-ring (bicyclic) bond motifs is 1. The smallest absolute Gasteiger partial charge is 0.246 e. The second kappa shape index (κ2) is 6.10. The zero-order valence-corrected chi connectivity index (χ0v) is 15.7. The van der Waals surface area contributed by atoms with Gasteiger partial charge in [0.15, 0.2) is 0 Å². The number of amides is 3. The first-order chi connectivity index (χ1) is 12.9. The van der Waals surface area contributed by atoms with Gasteiger partial charge in [0.05, 0.1) is 24.0 Å². The maximum atomic E-state index is 13.2. The number of terminal acetylenes is 1. The Kier molecular flexibility index (Phi) is 4.08. The minimum absolute atomic E-state index is 0.00815. The Balaban J connectivity index is 1.73. The molecule has 2 bridgehead atoms. The fourth-order valence-corrected chi connectivity index (χ4v) is 5.40. The molecule has 0 aromatic rings. The van der Waals surface area contributed by atoms with Crippen molar-refractivity contribution in [2.45, 2.75) is 55.9 Å². The van der Waals surface area contributed by atoms with Gasteiger partial charge < -0.3 is 20.3 Å². The zero-order chi connectivity index (χ0) is 19.4. The molecule has 4 aliphatic rings. The number of carbonyl (C=O) groups is 3. The molecule has 3 heterocycles. The summed E-state index contributed by atoms with van der Waals surface area (Å²) in [5.41, 5.74) is -2.06. The summed E-state index contributed by atoms with van der Waals surface area (Å²) in [5, 5.41) is 5.71. The van der Waals surface area contributed by atoms with Gasteiger partial charge in [-0.2, -0.15) is 0 Å². The molecule has 7 heteroatoms. The highest BCUT2D eigenvalue weighted by Crippen LogP contribution is 2.59. The molecule has 27 heavy (non-hydrogen) atoms. The van der Waals surface area contributed by atoms with Crippen molar-refractivity contribution >= 4 is 17.7 Å². The van der Waals surface area contributed by atoms with Crippen LogP contribution in [0.4, 0.5) is 0 Å². The van der Waals surface area contributed by atoms with Gasteiger partial charge in [0.25, 0.3) is 0 Å². The van der Waals surface area contributed by atoms with Crippen LogP contribution >= 0.6 is 0 Å². The van der Waals surface area contributed by atoms with Gasteiger partial charge in [-0.3, -0.25) is 14.4 Å². The van der Waals surface area contributed by atoms with E-state index in [1.54, 1.807) is 13.0 Å². The van der Waals surface area contributed by atoms with Gasteiger partial charge >= 0.3 is 0 Å². The molecule has 0 radical (unpaired) electrons. The quantitative estimate of drug-likeness (QED) is 0.536. The molecule has 0 aromatic heterocycles. The molecule has 0 aromatic carbocycles. The highest BCUT2D eigenvalue weighted by molar-refractivity contribution is 6.00. The average molecular weight is 371 g/mol. The minimum Gasteiger partial charge on any atom is -0.359 e. The van der Waals surface area contributed by atoms with Crippen LogP contribution in [0.2, 0.25) is 0 Å². The second-order valence-corrected chi connectivity index (χ2v) is 8.11. The SMILES string of the molecule is C#CCN1C(=O)[C@@H]2[C@H](C(=O)NC)[C@]3(C)C=C[C@]2(O3)[C@H]1C(=O)NC1CCCC1. The fraction of sp³-hybridized carbons (Fsp3) is 0.650. The van der Waals surface area contributed by atoms with Crippen molar-refractivity contribution in [2.75, 3.05) is 13.6 Å². The van der Waals surface area contributed by atoms with Crippen LogP contribution in [0.25, 0.3) is 0 Å². The van der Waals surface area contributed by atoms with Crippen LogP contribution in [-0.2, 0) is 19.1 Å². The summed E-state index contributed by atoms with van der Waals surface area (Å²) >= 11 is 0. The summed E-state index contributed by atoms with van der Waals surface area (Å²) in [7, 11) is 1.54. The number of carbonyl (C=O) groups excluding carboxylic acids is 3. The Morgan fingerprint density at radius 3 is 2.67 bits per heavy atom. The van der Waals surface area contributed by atoms with Crippen LogP contribution in [-0.4, -0.2) is 59.5 Å². The van der Waals surface area contributed by atoms with Crippen LogP contribution < -0.4 is 10.6 Å². The molecule has 3 fully saturated rings. The van der Waals surface area contributed by atoms with Gasteiger partial charge in [0.2, 0.25) is 17.7 Å². The number of rotatable bonds is 4. The number of ether oxygens (including phenoxy) is 1. The van der Waals surface area contributed by atoms with Gasteiger partial charge in [-0.05, 0) is 19.8 Å². The van der Waals surface area contributed by atoms with Crippen molar-refractivity contribution in [1.82, 2.24) is 15.5 Å². The molecule has 4 rings (SSSR count). The average Bonchev–Trinajstić information content (AvgIpc) is 3.35. The highest BCUT2D eigenvalue weighted by Gasteiger charge is 2.76. The topological polar surface area (TPSA) is 87.7 Å². The maximum absolute atomic E-state index is 13.2. The molecule has 2 saturated heterocycles. The first kappa shape index (κ1) is 18.1. The van der Waals surface area contributed by atoms with E-state index in [9.17, 15) is 14.4 Å². The standard InChI is InChI=1S/C20H25N3O4/c1-4-11-23-15(17(25)22-12-7-5-6-8-12)20-10-9-19(2,27-20)13(16(24)21-3)14(20)18(23)26/h1,9-10,12-15H,5-8,11H2,2-3H3,(H,21,24)(H,22,25)/t13-,14+,15-,19+,20-/m1/s1. The van der Waals surface area contributed by atoms with Crippen LogP contribution in [0.5, 0.6) is 0 Å². The van der Waals surface area contributed by atoms with Crippen molar-refractivity contribution in [1.29, 1.82) is 0 Å². The monoisotopic (exact) mass is 371 g/mol. The molecule has 1 spiro atoms. The van der Waals surface area contributed by atoms with Crippen molar-refractivity contribution in [2.24, 2.45) is 11.8 Å². The van der Waals surface area contributed by atoms with Gasteiger partial charge in [-0.25, -0.2) is 0 Å². The summed E-state index contributed by atoms with van der Waals surface area (Å²) in [6.45, 7) is 1.80. The molecule has 3 amide bonds. The van der Waals surface area contributed by atoms with E-state index in [0.29, 0.717) is 0 Å². The molecular weight excluding hydrogens is 346 g/mol. The molecule has 3 aliphatic heterocycles. The fourth-order valence-electron chi connectivity index (χ4n) is 5.40. The van der Waals surface area contributed by atoms with E-state index < -0.39 is 29.1 Å². The van der Waals surface area contributed by atoms with Crippen molar-refractivity contribution < 1.29 is 19.1 Å². The predicted octanol–water partition coefficient (Wildman–Crippen LogP) is -0.0349. The lowest BCUT2D eigenvalue weighted by Crippen LogP contribution is -2.56. The normalized spacial score (nSPS) is 39.5. The van der Waals surface area contributed by atoms with Crippen molar-refractivity contribution in [3.05, 3.63) is 12.2 Å². The van der Waals surface area contributed by atoms with E-state index in [1.165, 1.54) is 11.9 Å². The molecule has 1 aliphatic carbocycles. The van der Waals surface area contributed by atoms with Crippen molar-refractivity contribution in [3.63, 3.8) is 0 Å². The molecule has 144 valence electrons. The van der Waals surface area contributed by atoms with E-state index >= 15 is 0 Å². The lowest BCUT2D eigenvalue weighted by Gasteiger charge is -2.32. The van der Waals surface area contributed by atoms with Gasteiger partial charge in [-0.15, -0.1) is 6.42 Å². The number of likely N-dealkylation sites (tertiary alicyclic amines) is 1. The number of nitrogens with one attached hydrogen (secondary N) is 2. The van der Waals surface area contributed by atoms with Gasteiger partial charge in [0.1, 0.15) is 11.6 Å². The second-order valence-electron chi connectivity index (χ2n) is 8.11. The Hall–Kier alpha value is -2.33. The third kappa shape index (κ3) is 2.36. The summed E-state index contributed by atoms with van der Waals surface area (Å²) < 4.78 is 6.29. The Morgan fingerprint density at radius 2 is 2.04 bits per heavy atom. The van der Waals surface area contributed by atoms with Crippen LogP contribution in [0, 0.1) is 24.2 Å². The third-order valence-electron chi connectivity index (χ3n) is 6.54. The lowest BCUT2D eigenvalue weighted by atomic mass is 9.70. The van der Waals surface area contributed by atoms with Gasteiger partial charge in [0, 0.05) is 13.1 Å². The molecular formula is C20H25N3O4. The van der Waals surface area contributed by atoms with Crippen molar-refractivity contribution in [3.8, 4) is 12.3 Å². The van der Waals surface area contributed by atoms with E-state index in [1.807, 2.05) is 6.08 Å². The molecule has 0 unspecified atom stereocenters. The molecule has 2 N–H and O–H groups in total. The summed E-state index contributed by atoms with van der Waals surface area (Å²) in [5.74, 6) is 0.230. The Labute approximate surface area is 158 Å². The molecule has 5 atom stereocenters. The van der Waals surface area contributed by atoms with E-state index in [2.05, 4.69) is 16.6 Å². The van der Waals surface area contributed by atoms with E-state index in [4.69, 9.17) is 11.2 Å². The Morgan fingerprint density at radius 1 is 1.33 bits per heavy atom. The largest absolute Gasteiger partial charge is 0.359 e. The first-order valence-corrected chi connectivity index (χ1v) is 9.54. The number of hydrogen-bond acceptors (Lipinski definition) is 4. The number of hydrogen-bond donors (Lipinski definition) is 2. The zero-order valence-electron chi connectivity index (χ0n) is 15.7. The summed E-state index contributed by atoms with van der Waals surface area (Å²) in [6, 6.07) is -0.747. The predicted molar refractivity (Wildman–Crippen MR) is 97.1 cm³/mol. The number of nitrogens with zero attached hydrogens (tertiary/aromatic N) is 1. The summed E-state index contributed by atoms with van der Waals surface area (Å²) in [4.78, 5) is 40.4. The highest BCUT2D eigenvalue weighted by atomic mass is 16.5. The minimum atomic E-state index is -1.15. The van der Waals surface area contributed by atoms with Crippen LogP contribution in [0.15, 0.2) is 12.2 Å². The molecule has 1 saturated carbocycles. The van der Waals surface area contributed by atoms with Crippen LogP contribution in [0.3, 0.4) is 0 Å². The van der Waals surface area contributed by atoms with E-state index in [0.717, 1.165) is 25.7 Å². The van der Waals surface area contributed by atoms with E-state index in [-0.39, 0.29) is 30.3 Å². The third-order valence-corrected chi connectivity index (χ3v) is 6.54.